The minimum atomic E-state index is -2.96. The van der Waals surface area contributed by atoms with E-state index in [-0.39, 0.29) is 11.7 Å². The van der Waals surface area contributed by atoms with Crippen LogP contribution in [0.3, 0.4) is 0 Å². The molecule has 0 unspecified atom stereocenters. The Balaban J connectivity index is 1.93. The van der Waals surface area contributed by atoms with E-state index in [0.29, 0.717) is 28.1 Å². The van der Waals surface area contributed by atoms with E-state index >= 15 is 0 Å². The number of ether oxygens (including phenoxy) is 2. The minimum absolute atomic E-state index is 0.0112. The molecule has 5 nitrogen and oxygen atoms in total. The van der Waals surface area contributed by atoms with E-state index < -0.39 is 6.61 Å². The number of aromatic nitrogens is 1. The van der Waals surface area contributed by atoms with Crippen LogP contribution in [0.15, 0.2) is 67.0 Å². The van der Waals surface area contributed by atoms with Crippen LogP contribution >= 0.6 is 0 Å². The van der Waals surface area contributed by atoms with Crippen LogP contribution in [0, 0.1) is 0 Å². The fraction of sp³-hybridized carbons (Fsp3) is 0.100. The van der Waals surface area contributed by atoms with Crippen molar-refractivity contribution in [2.75, 3.05) is 12.4 Å². The van der Waals surface area contributed by atoms with E-state index in [1.165, 1.54) is 31.6 Å². The van der Waals surface area contributed by atoms with Gasteiger partial charge in [0.05, 0.1) is 7.11 Å². The first-order chi connectivity index (χ1) is 13.1. The smallest absolute Gasteiger partial charge is 0.387 e. The van der Waals surface area contributed by atoms with Gasteiger partial charge in [0, 0.05) is 29.2 Å². The Morgan fingerprint density at radius 1 is 1.04 bits per heavy atom. The normalized spacial score (nSPS) is 10.5. The monoisotopic (exact) mass is 370 g/mol. The number of nitrogens with one attached hydrogen (secondary N) is 1. The van der Waals surface area contributed by atoms with Crippen LogP contribution < -0.4 is 14.8 Å². The molecule has 0 fully saturated rings. The zero-order chi connectivity index (χ0) is 19.2. The van der Waals surface area contributed by atoms with Crippen molar-refractivity contribution in [3.8, 4) is 22.6 Å². The maximum absolute atomic E-state index is 12.7. The Morgan fingerprint density at radius 3 is 2.37 bits per heavy atom. The number of alkyl halides is 2. The molecule has 1 N–H and O–H groups in total. The molecule has 1 aromatic heterocycles. The molecule has 138 valence electrons. The van der Waals surface area contributed by atoms with E-state index in [0.717, 1.165) is 0 Å². The predicted molar refractivity (Wildman–Crippen MR) is 97.3 cm³/mol. The second-order valence-electron chi connectivity index (χ2n) is 5.51. The summed E-state index contributed by atoms with van der Waals surface area (Å²) in [7, 11) is 1.54. The second kappa shape index (κ2) is 8.27. The van der Waals surface area contributed by atoms with Gasteiger partial charge in [0.25, 0.3) is 5.91 Å². The molecule has 0 aliphatic rings. The van der Waals surface area contributed by atoms with E-state index in [9.17, 15) is 13.6 Å². The van der Waals surface area contributed by atoms with E-state index in [2.05, 4.69) is 15.0 Å². The summed E-state index contributed by atoms with van der Waals surface area (Å²) in [6, 6.07) is 14.5. The van der Waals surface area contributed by atoms with Gasteiger partial charge in [0.15, 0.2) is 0 Å². The standard InChI is InChI=1S/C20H16F2N2O3/c1-26-16-5-2-13(3-6-16)17-12-15(4-7-18(17)27-20(21)22)24-19(25)14-8-10-23-11-9-14/h2-12,20H,1H3,(H,24,25). The van der Waals surface area contributed by atoms with Crippen molar-refractivity contribution >= 4 is 11.6 Å². The molecular weight excluding hydrogens is 354 g/mol. The third-order valence-electron chi connectivity index (χ3n) is 3.80. The van der Waals surface area contributed by atoms with Crippen LogP contribution in [0.4, 0.5) is 14.5 Å². The second-order valence-corrected chi connectivity index (χ2v) is 5.51. The molecule has 0 aliphatic carbocycles. The maximum Gasteiger partial charge on any atom is 0.387 e. The van der Waals surface area contributed by atoms with Gasteiger partial charge in [0.1, 0.15) is 11.5 Å². The summed E-state index contributed by atoms with van der Waals surface area (Å²) in [4.78, 5) is 16.2. The third kappa shape index (κ3) is 4.58. The highest BCUT2D eigenvalue weighted by atomic mass is 19.3. The molecule has 1 heterocycles. The summed E-state index contributed by atoms with van der Waals surface area (Å²) in [5, 5.41) is 2.74. The number of anilines is 1. The topological polar surface area (TPSA) is 60.5 Å². The largest absolute Gasteiger partial charge is 0.497 e. The zero-order valence-electron chi connectivity index (χ0n) is 14.4. The molecule has 27 heavy (non-hydrogen) atoms. The van der Waals surface area contributed by atoms with Crippen molar-refractivity contribution < 1.29 is 23.0 Å². The Labute approximate surface area is 154 Å². The van der Waals surface area contributed by atoms with Crippen molar-refractivity contribution in [2.45, 2.75) is 6.61 Å². The van der Waals surface area contributed by atoms with Crippen molar-refractivity contribution in [1.82, 2.24) is 4.98 Å². The fourth-order valence-electron chi connectivity index (χ4n) is 2.51. The van der Waals surface area contributed by atoms with Crippen LogP contribution in [0.5, 0.6) is 11.5 Å². The number of pyridine rings is 1. The summed E-state index contributed by atoms with van der Waals surface area (Å²) in [6.07, 6.45) is 3.02. The number of nitrogens with zero attached hydrogens (tertiary/aromatic N) is 1. The Kier molecular flexibility index (Phi) is 5.61. The highest BCUT2D eigenvalue weighted by Gasteiger charge is 2.14. The lowest BCUT2D eigenvalue weighted by atomic mass is 10.0. The quantitative estimate of drug-likeness (QED) is 0.688. The van der Waals surface area contributed by atoms with E-state index in [1.54, 1.807) is 42.5 Å². The molecule has 3 aromatic rings. The van der Waals surface area contributed by atoms with E-state index in [4.69, 9.17) is 4.74 Å². The Hall–Kier alpha value is -3.48. The molecule has 7 heteroatoms. The van der Waals surface area contributed by atoms with Crippen LogP contribution in [-0.4, -0.2) is 24.6 Å². The molecular formula is C20H16F2N2O3. The van der Waals surface area contributed by atoms with Gasteiger partial charge in [-0.25, -0.2) is 0 Å². The van der Waals surface area contributed by atoms with Crippen molar-refractivity contribution in [3.63, 3.8) is 0 Å². The highest BCUT2D eigenvalue weighted by Crippen LogP contribution is 2.34. The van der Waals surface area contributed by atoms with Gasteiger partial charge in [-0.3, -0.25) is 9.78 Å². The lowest BCUT2D eigenvalue weighted by Crippen LogP contribution is -2.12. The number of rotatable bonds is 6. The van der Waals surface area contributed by atoms with Crippen molar-refractivity contribution in [3.05, 3.63) is 72.6 Å². The molecule has 0 bridgehead atoms. The van der Waals surface area contributed by atoms with Gasteiger partial charge in [-0.15, -0.1) is 0 Å². The number of hydrogen-bond acceptors (Lipinski definition) is 4. The molecule has 0 saturated carbocycles. The van der Waals surface area contributed by atoms with Gasteiger partial charge in [0.2, 0.25) is 0 Å². The Morgan fingerprint density at radius 2 is 1.74 bits per heavy atom. The van der Waals surface area contributed by atoms with Gasteiger partial charge in [-0.1, -0.05) is 12.1 Å². The van der Waals surface area contributed by atoms with E-state index in [1.807, 2.05) is 0 Å². The summed E-state index contributed by atoms with van der Waals surface area (Å²) in [5.74, 6) is 0.315. The lowest BCUT2D eigenvalue weighted by Gasteiger charge is -2.14. The third-order valence-corrected chi connectivity index (χ3v) is 3.80. The van der Waals surface area contributed by atoms with Crippen molar-refractivity contribution in [1.29, 1.82) is 0 Å². The summed E-state index contributed by atoms with van der Waals surface area (Å²) < 4.78 is 35.2. The number of halogens is 2. The molecule has 1 amide bonds. The number of carbonyl (C=O) groups is 1. The number of amides is 1. The molecule has 0 saturated heterocycles. The predicted octanol–water partition coefficient (Wildman–Crippen LogP) is 4.61. The van der Waals surface area contributed by atoms with Gasteiger partial charge in [-0.2, -0.15) is 8.78 Å². The Bertz CT molecular complexity index is 916. The highest BCUT2D eigenvalue weighted by molar-refractivity contribution is 6.04. The van der Waals surface area contributed by atoms with Gasteiger partial charge in [-0.05, 0) is 48.0 Å². The average molecular weight is 370 g/mol. The van der Waals surface area contributed by atoms with Crippen molar-refractivity contribution in [2.24, 2.45) is 0 Å². The van der Waals surface area contributed by atoms with Crippen LogP contribution in [0.25, 0.3) is 11.1 Å². The molecule has 3 rings (SSSR count). The SMILES string of the molecule is COc1ccc(-c2cc(NC(=O)c3ccncc3)ccc2OC(F)F)cc1. The zero-order valence-corrected chi connectivity index (χ0v) is 14.4. The molecule has 0 radical (unpaired) electrons. The fourth-order valence-corrected chi connectivity index (χ4v) is 2.51. The summed E-state index contributed by atoms with van der Waals surface area (Å²) in [5.41, 5.74) is 1.95. The van der Waals surface area contributed by atoms with Gasteiger partial charge < -0.3 is 14.8 Å². The number of benzene rings is 2. The first-order valence-electron chi connectivity index (χ1n) is 8.01. The number of carbonyl (C=O) groups excluding carboxylic acids is 1. The minimum Gasteiger partial charge on any atom is -0.497 e. The van der Waals surface area contributed by atoms with Gasteiger partial charge >= 0.3 is 6.61 Å². The van der Waals surface area contributed by atoms with Crippen LogP contribution in [-0.2, 0) is 0 Å². The molecule has 0 atom stereocenters. The summed E-state index contributed by atoms with van der Waals surface area (Å²) >= 11 is 0. The first-order valence-corrected chi connectivity index (χ1v) is 8.01. The summed E-state index contributed by atoms with van der Waals surface area (Å²) in [6.45, 7) is -2.96. The average Bonchev–Trinajstić information content (AvgIpc) is 2.69. The maximum atomic E-state index is 12.7. The lowest BCUT2D eigenvalue weighted by molar-refractivity contribution is -0.0494. The molecule has 0 spiro atoms. The molecule has 0 aliphatic heterocycles. The first kappa shape index (κ1) is 18.3. The number of hydrogen-bond donors (Lipinski definition) is 1. The van der Waals surface area contributed by atoms with Crippen LogP contribution in [0.1, 0.15) is 10.4 Å². The number of methoxy groups -OCH3 is 1. The van der Waals surface area contributed by atoms with Crippen LogP contribution in [0.2, 0.25) is 0 Å². The molecule has 2 aromatic carbocycles.